The average Bonchev–Trinajstić information content (AvgIpc) is 3.02. The van der Waals surface area contributed by atoms with Gasteiger partial charge >= 0.3 is 0 Å². The third-order valence-corrected chi connectivity index (χ3v) is 6.10. The molecule has 2 aliphatic rings. The highest BCUT2D eigenvalue weighted by atomic mass is 16.5. The first-order valence-corrected chi connectivity index (χ1v) is 11.3. The van der Waals surface area contributed by atoms with Gasteiger partial charge in [0.25, 0.3) is 0 Å². The Kier molecular flexibility index (Phi) is 5.66. The summed E-state index contributed by atoms with van der Waals surface area (Å²) >= 11 is 0. The van der Waals surface area contributed by atoms with Gasteiger partial charge in [-0.05, 0) is 44.4 Å². The number of anilines is 2. The molecule has 0 unspecified atom stereocenters. The van der Waals surface area contributed by atoms with Gasteiger partial charge in [0.1, 0.15) is 28.8 Å². The predicted molar refractivity (Wildman–Crippen MR) is 135 cm³/mol. The van der Waals surface area contributed by atoms with E-state index in [1.165, 1.54) is 12.1 Å². The quantitative estimate of drug-likeness (QED) is 0.482. The number of phenolic OH excluding ortho intramolecular Hbond substituents is 2. The molecule has 1 aromatic heterocycles. The summed E-state index contributed by atoms with van der Waals surface area (Å²) in [5.74, 6) is 0.720. The van der Waals surface area contributed by atoms with E-state index in [4.69, 9.17) is 4.74 Å². The van der Waals surface area contributed by atoms with Crippen LogP contribution >= 0.6 is 0 Å². The number of carbonyl (C=O) groups is 1. The average molecular weight is 471 g/mol. The second-order valence-electron chi connectivity index (χ2n) is 8.77. The largest absolute Gasteiger partial charge is 0.507 e. The molecule has 2 heterocycles. The smallest absolute Gasteiger partial charge is 0.217 e. The molecule has 0 radical (unpaired) electrons. The third kappa shape index (κ3) is 3.98. The standard InChI is InChI=1S/C27H26N4O4/c1-16-23-19(32)9-10-20(33)24(23)26(34)25-27(16)35-21-7-5-4-6-17(21)15-31(25)18-8-11-22(29-14-18)28-12-13-30(2)3/h4-11,14,32-33H,1,12-13,15H2,2-3H3,(H,28,29). The molecule has 8 heteroatoms. The molecule has 0 bridgehead atoms. The fourth-order valence-electron chi connectivity index (χ4n) is 4.32. The molecule has 2 aromatic carbocycles. The van der Waals surface area contributed by atoms with Gasteiger partial charge in [-0.15, -0.1) is 0 Å². The molecule has 3 N–H and O–H groups in total. The fraction of sp³-hybridized carbons (Fsp3) is 0.185. The van der Waals surface area contributed by atoms with Crippen LogP contribution in [0.1, 0.15) is 21.5 Å². The summed E-state index contributed by atoms with van der Waals surface area (Å²) in [7, 11) is 4.01. The second-order valence-corrected chi connectivity index (χ2v) is 8.77. The summed E-state index contributed by atoms with van der Waals surface area (Å²) in [6.07, 6.45) is 1.70. The van der Waals surface area contributed by atoms with Gasteiger partial charge in [0, 0.05) is 29.8 Å². The Morgan fingerprint density at radius 2 is 1.83 bits per heavy atom. The van der Waals surface area contributed by atoms with Crippen LogP contribution < -0.4 is 15.0 Å². The topological polar surface area (TPSA) is 98.2 Å². The number of pyridine rings is 1. The molecule has 1 aliphatic carbocycles. The van der Waals surface area contributed by atoms with Gasteiger partial charge in [-0.3, -0.25) is 4.79 Å². The molecular formula is C27H26N4O4. The minimum atomic E-state index is -0.461. The zero-order valence-corrected chi connectivity index (χ0v) is 19.6. The van der Waals surface area contributed by atoms with Crippen LogP contribution in [-0.4, -0.2) is 53.1 Å². The molecule has 3 aromatic rings. The molecule has 1 aliphatic heterocycles. The molecule has 178 valence electrons. The van der Waals surface area contributed by atoms with Gasteiger partial charge in [0.2, 0.25) is 5.78 Å². The Morgan fingerprint density at radius 3 is 2.54 bits per heavy atom. The predicted octanol–water partition coefficient (Wildman–Crippen LogP) is 3.99. The summed E-state index contributed by atoms with van der Waals surface area (Å²) in [6.45, 7) is 6.08. The number of allylic oxidation sites excluding steroid dienone is 2. The van der Waals surface area contributed by atoms with Crippen LogP contribution in [0.4, 0.5) is 11.5 Å². The van der Waals surface area contributed by atoms with E-state index in [0.717, 1.165) is 24.5 Å². The van der Waals surface area contributed by atoms with Crippen LogP contribution in [0.2, 0.25) is 0 Å². The summed E-state index contributed by atoms with van der Waals surface area (Å²) in [5, 5.41) is 24.3. The van der Waals surface area contributed by atoms with Gasteiger partial charge in [-0.1, -0.05) is 24.8 Å². The highest BCUT2D eigenvalue weighted by Crippen LogP contribution is 2.47. The lowest BCUT2D eigenvalue weighted by Gasteiger charge is -2.30. The summed E-state index contributed by atoms with van der Waals surface area (Å²) in [4.78, 5) is 22.2. The van der Waals surface area contributed by atoms with Crippen molar-refractivity contribution in [1.82, 2.24) is 9.88 Å². The second kappa shape index (κ2) is 8.81. The molecule has 8 nitrogen and oxygen atoms in total. The van der Waals surface area contributed by atoms with Crippen molar-refractivity contribution in [2.75, 3.05) is 37.4 Å². The minimum Gasteiger partial charge on any atom is -0.507 e. The van der Waals surface area contributed by atoms with E-state index in [1.807, 2.05) is 55.4 Å². The van der Waals surface area contributed by atoms with Crippen molar-refractivity contribution in [3.8, 4) is 17.2 Å². The van der Waals surface area contributed by atoms with Crippen molar-refractivity contribution in [2.45, 2.75) is 6.54 Å². The van der Waals surface area contributed by atoms with E-state index in [1.54, 1.807) is 6.20 Å². The number of benzene rings is 2. The van der Waals surface area contributed by atoms with Crippen LogP contribution in [0, 0.1) is 0 Å². The number of aromatic hydroxyl groups is 2. The summed E-state index contributed by atoms with van der Waals surface area (Å²) in [5.41, 5.74) is 2.28. The molecular weight excluding hydrogens is 444 g/mol. The number of phenols is 2. The Labute approximate surface area is 203 Å². The number of ketones is 1. The van der Waals surface area contributed by atoms with Crippen molar-refractivity contribution in [3.63, 3.8) is 0 Å². The Bertz CT molecular complexity index is 1360. The number of likely N-dealkylation sites (N-methyl/N-ethyl adjacent to an activating group) is 1. The molecule has 0 fully saturated rings. The normalized spacial score (nSPS) is 14.8. The van der Waals surface area contributed by atoms with E-state index in [9.17, 15) is 15.0 Å². The van der Waals surface area contributed by atoms with Crippen molar-refractivity contribution in [1.29, 1.82) is 0 Å². The van der Waals surface area contributed by atoms with Crippen molar-refractivity contribution < 1.29 is 19.7 Å². The maximum atomic E-state index is 13.8. The Hall–Kier alpha value is -4.30. The number of carbonyl (C=O) groups excluding carboxylic acids is 1. The van der Waals surface area contributed by atoms with Gasteiger partial charge in [0.05, 0.1) is 24.0 Å². The lowest BCUT2D eigenvalue weighted by atomic mass is 9.87. The number of para-hydroxylation sites is 1. The van der Waals surface area contributed by atoms with Crippen molar-refractivity contribution >= 4 is 22.9 Å². The number of hydrogen-bond donors (Lipinski definition) is 3. The Balaban J connectivity index is 1.60. The SMILES string of the molecule is C=C1C2=C(C(=O)c3c(O)ccc(O)c31)N(c1ccc(NCCN(C)C)nc1)Cc1ccccc1O2. The molecule has 0 saturated carbocycles. The van der Waals surface area contributed by atoms with Gasteiger partial charge in [-0.25, -0.2) is 4.98 Å². The first-order valence-electron chi connectivity index (χ1n) is 11.3. The van der Waals surface area contributed by atoms with E-state index in [2.05, 4.69) is 21.8 Å². The maximum absolute atomic E-state index is 13.8. The lowest BCUT2D eigenvalue weighted by molar-refractivity contribution is 0.102. The highest BCUT2D eigenvalue weighted by molar-refractivity contribution is 6.20. The molecule has 5 rings (SSSR count). The number of rotatable bonds is 5. The van der Waals surface area contributed by atoms with Crippen LogP contribution in [-0.2, 0) is 6.54 Å². The molecule has 0 atom stereocenters. The van der Waals surface area contributed by atoms with E-state index < -0.39 is 5.78 Å². The number of fused-ring (bicyclic) bond motifs is 2. The summed E-state index contributed by atoms with van der Waals surface area (Å²) in [6, 6.07) is 13.9. The monoisotopic (exact) mass is 470 g/mol. The number of Topliss-reactive ketones (excluding diaryl/α,β-unsaturated/α-hetero) is 1. The lowest BCUT2D eigenvalue weighted by Crippen LogP contribution is -2.31. The number of nitrogens with one attached hydrogen (secondary N) is 1. The first kappa shape index (κ1) is 22.5. The fourth-order valence-corrected chi connectivity index (χ4v) is 4.32. The molecule has 0 saturated heterocycles. The zero-order chi connectivity index (χ0) is 24.7. The van der Waals surface area contributed by atoms with Crippen molar-refractivity contribution in [2.24, 2.45) is 0 Å². The number of aromatic nitrogens is 1. The summed E-state index contributed by atoms with van der Waals surface area (Å²) < 4.78 is 6.23. The molecule has 0 spiro atoms. The van der Waals surface area contributed by atoms with Crippen LogP contribution in [0.5, 0.6) is 17.2 Å². The van der Waals surface area contributed by atoms with Crippen LogP contribution in [0.3, 0.4) is 0 Å². The van der Waals surface area contributed by atoms with Crippen molar-refractivity contribution in [3.05, 3.63) is 89.5 Å². The van der Waals surface area contributed by atoms with E-state index >= 15 is 0 Å². The molecule has 0 amide bonds. The first-order chi connectivity index (χ1) is 16.8. The van der Waals surface area contributed by atoms with Crippen LogP contribution in [0.15, 0.2) is 72.8 Å². The van der Waals surface area contributed by atoms with Crippen LogP contribution in [0.25, 0.3) is 5.57 Å². The third-order valence-electron chi connectivity index (χ3n) is 6.10. The Morgan fingerprint density at radius 1 is 1.09 bits per heavy atom. The van der Waals surface area contributed by atoms with Gasteiger partial charge < -0.3 is 30.1 Å². The number of ether oxygens (including phenoxy) is 1. The van der Waals surface area contributed by atoms with Gasteiger partial charge in [-0.2, -0.15) is 0 Å². The minimum absolute atomic E-state index is 0.00300. The van der Waals surface area contributed by atoms with Gasteiger partial charge in [0.15, 0.2) is 5.76 Å². The number of hydrogen-bond acceptors (Lipinski definition) is 8. The maximum Gasteiger partial charge on any atom is 0.217 e. The zero-order valence-electron chi connectivity index (χ0n) is 19.6. The van der Waals surface area contributed by atoms with E-state index in [-0.39, 0.29) is 34.1 Å². The number of nitrogens with zero attached hydrogens (tertiary/aromatic N) is 3. The van der Waals surface area contributed by atoms with E-state index in [0.29, 0.717) is 23.6 Å². The molecule has 35 heavy (non-hydrogen) atoms. The highest BCUT2D eigenvalue weighted by Gasteiger charge is 2.39.